The summed E-state index contributed by atoms with van der Waals surface area (Å²) in [6.07, 6.45) is 3.64. The van der Waals surface area contributed by atoms with Crippen LogP contribution in [0.3, 0.4) is 0 Å². The van der Waals surface area contributed by atoms with Crippen LogP contribution >= 0.6 is 0 Å². The number of nitrogens with one attached hydrogen (secondary N) is 1. The summed E-state index contributed by atoms with van der Waals surface area (Å²) in [4.78, 5) is 21.7. The zero-order valence-corrected chi connectivity index (χ0v) is 20.4. The van der Waals surface area contributed by atoms with Gasteiger partial charge in [0.2, 0.25) is 16.0 Å². The molecule has 0 aromatic carbocycles. The maximum Gasteiger partial charge on any atom is 0.269 e. The number of fused-ring (bicyclic) bond motifs is 1. The van der Waals surface area contributed by atoms with Crippen molar-refractivity contribution < 1.29 is 17.2 Å². The lowest BCUT2D eigenvalue weighted by Crippen LogP contribution is -2.42. The van der Waals surface area contributed by atoms with Crippen LogP contribution in [-0.4, -0.2) is 52.6 Å². The second-order valence-electron chi connectivity index (χ2n) is 8.60. The lowest BCUT2D eigenvalue weighted by Gasteiger charge is -2.30. The van der Waals surface area contributed by atoms with Crippen molar-refractivity contribution >= 4 is 27.0 Å². The first-order chi connectivity index (χ1) is 15.6. The van der Waals surface area contributed by atoms with Gasteiger partial charge in [0, 0.05) is 36.8 Å². The summed E-state index contributed by atoms with van der Waals surface area (Å²) in [7, 11) is -3.21. The molecule has 2 atom stereocenters. The molecule has 2 aromatic rings. The molecule has 1 aliphatic heterocycles. The third-order valence-electron chi connectivity index (χ3n) is 6.44. The van der Waals surface area contributed by atoms with E-state index in [-0.39, 0.29) is 18.0 Å². The summed E-state index contributed by atoms with van der Waals surface area (Å²) in [6, 6.07) is 1.00. The Balaban J connectivity index is 0.00000149. The van der Waals surface area contributed by atoms with Gasteiger partial charge in [0.15, 0.2) is 0 Å². The molecule has 1 saturated heterocycles. The number of piperidine rings is 1. The fourth-order valence-corrected chi connectivity index (χ4v) is 5.57. The number of pyridine rings is 1. The fourth-order valence-electron chi connectivity index (χ4n) is 4.70. The van der Waals surface area contributed by atoms with Gasteiger partial charge in [-0.2, -0.15) is 4.98 Å². The molecule has 0 radical (unpaired) electrons. The Morgan fingerprint density at radius 2 is 1.82 bits per heavy atom. The van der Waals surface area contributed by atoms with E-state index in [0.717, 1.165) is 19.3 Å². The highest BCUT2D eigenvalue weighted by molar-refractivity contribution is 7.88. The number of sulfonamides is 1. The topological polar surface area (TPSA) is 97.2 Å². The third kappa shape index (κ3) is 5.51. The van der Waals surface area contributed by atoms with Crippen molar-refractivity contribution in [3.8, 4) is 0 Å². The van der Waals surface area contributed by atoms with Gasteiger partial charge in [-0.25, -0.2) is 26.5 Å². The molecule has 1 N–H and O–H groups in total. The monoisotopic (exact) mass is 485 g/mol. The number of nitrogens with zero attached hydrogens (tertiary/aromatic N) is 4. The van der Waals surface area contributed by atoms with Gasteiger partial charge in [-0.05, 0) is 37.7 Å². The van der Waals surface area contributed by atoms with Crippen molar-refractivity contribution in [1.29, 1.82) is 0 Å². The molecule has 2 fully saturated rings. The number of rotatable bonds is 5. The highest BCUT2D eigenvalue weighted by Crippen LogP contribution is 2.36. The number of anilines is 1. The zero-order valence-electron chi connectivity index (χ0n) is 19.6. The van der Waals surface area contributed by atoms with E-state index < -0.39 is 27.6 Å². The minimum atomic E-state index is -3.21. The van der Waals surface area contributed by atoms with Crippen LogP contribution in [-0.2, 0) is 10.0 Å². The Hall–Kier alpha value is -2.14. The highest BCUT2D eigenvalue weighted by Gasteiger charge is 2.30. The van der Waals surface area contributed by atoms with E-state index in [1.54, 1.807) is 0 Å². The maximum atomic E-state index is 13.5. The molecule has 1 aliphatic carbocycles. The van der Waals surface area contributed by atoms with Crippen molar-refractivity contribution in [1.82, 2.24) is 18.8 Å². The van der Waals surface area contributed by atoms with Crippen LogP contribution in [0.5, 0.6) is 0 Å². The summed E-state index contributed by atoms with van der Waals surface area (Å²) in [5, 5.41) is 3.63. The third-order valence-corrected chi connectivity index (χ3v) is 7.74. The Morgan fingerprint density at radius 3 is 2.36 bits per heavy atom. The van der Waals surface area contributed by atoms with Gasteiger partial charge in [-0.15, -0.1) is 0 Å². The SMILES string of the molecule is CC.CC1CCCC1n1c(=O)c(C(F)F)cc2cnc(NC3CCN(S(C)(=O)=O)CC3)nc21. The molecule has 184 valence electrons. The lowest BCUT2D eigenvalue weighted by molar-refractivity contribution is 0.148. The fraction of sp³-hybridized carbons (Fsp3) is 0.682. The average Bonchev–Trinajstić information content (AvgIpc) is 3.19. The summed E-state index contributed by atoms with van der Waals surface area (Å²) in [5.41, 5.74) is -0.851. The van der Waals surface area contributed by atoms with E-state index in [1.165, 1.54) is 27.4 Å². The van der Waals surface area contributed by atoms with E-state index in [1.807, 2.05) is 20.8 Å². The Morgan fingerprint density at radius 1 is 1.15 bits per heavy atom. The molecule has 0 bridgehead atoms. The summed E-state index contributed by atoms with van der Waals surface area (Å²) in [6.45, 7) is 6.85. The van der Waals surface area contributed by atoms with Crippen molar-refractivity contribution in [2.75, 3.05) is 24.7 Å². The minimum absolute atomic E-state index is 0.0126. The summed E-state index contributed by atoms with van der Waals surface area (Å²) >= 11 is 0. The van der Waals surface area contributed by atoms with Crippen molar-refractivity contribution in [3.05, 3.63) is 28.2 Å². The second kappa shape index (κ2) is 10.4. The number of hydrogen-bond donors (Lipinski definition) is 1. The molecule has 2 unspecified atom stereocenters. The normalized spacial score (nSPS) is 22.4. The lowest BCUT2D eigenvalue weighted by atomic mass is 10.1. The summed E-state index contributed by atoms with van der Waals surface area (Å²) in [5.74, 6) is 0.509. The van der Waals surface area contributed by atoms with Gasteiger partial charge in [0.25, 0.3) is 12.0 Å². The Bertz CT molecular complexity index is 1130. The zero-order chi connectivity index (χ0) is 24.3. The molecule has 4 rings (SSSR count). The number of hydrogen-bond acceptors (Lipinski definition) is 6. The predicted octanol–water partition coefficient (Wildman–Crippen LogP) is 3.95. The van der Waals surface area contributed by atoms with Crippen molar-refractivity contribution in [3.63, 3.8) is 0 Å². The van der Waals surface area contributed by atoms with Gasteiger partial charge < -0.3 is 5.32 Å². The van der Waals surface area contributed by atoms with Crippen LogP contribution in [0.2, 0.25) is 0 Å². The van der Waals surface area contributed by atoms with Crippen molar-refractivity contribution in [2.24, 2.45) is 5.92 Å². The van der Waals surface area contributed by atoms with Crippen LogP contribution in [0, 0.1) is 5.92 Å². The molecular formula is C22H33F2N5O3S. The first-order valence-electron chi connectivity index (χ1n) is 11.6. The van der Waals surface area contributed by atoms with Crippen LogP contribution in [0.15, 0.2) is 17.1 Å². The summed E-state index contributed by atoms with van der Waals surface area (Å²) < 4.78 is 53.3. The Kier molecular flexibility index (Phi) is 8.04. The quantitative estimate of drug-likeness (QED) is 0.689. The number of aromatic nitrogens is 3. The van der Waals surface area contributed by atoms with E-state index in [9.17, 15) is 22.0 Å². The smallest absolute Gasteiger partial charge is 0.269 e. The molecule has 1 saturated carbocycles. The number of halogens is 2. The number of alkyl halides is 2. The molecule has 0 spiro atoms. The van der Waals surface area contributed by atoms with Crippen LogP contribution in [0.25, 0.3) is 11.0 Å². The van der Waals surface area contributed by atoms with E-state index in [2.05, 4.69) is 15.3 Å². The molecule has 2 aromatic heterocycles. The van der Waals surface area contributed by atoms with Gasteiger partial charge in [-0.1, -0.05) is 27.2 Å². The largest absolute Gasteiger partial charge is 0.351 e. The molecule has 3 heterocycles. The molecule has 33 heavy (non-hydrogen) atoms. The van der Waals surface area contributed by atoms with Crippen molar-refractivity contribution in [2.45, 2.75) is 71.4 Å². The van der Waals surface area contributed by atoms with Gasteiger partial charge in [0.05, 0.1) is 11.8 Å². The first-order valence-corrected chi connectivity index (χ1v) is 13.4. The molecule has 8 nitrogen and oxygen atoms in total. The van der Waals surface area contributed by atoms with E-state index in [0.29, 0.717) is 42.9 Å². The Labute approximate surface area is 193 Å². The van der Waals surface area contributed by atoms with E-state index in [4.69, 9.17) is 0 Å². The predicted molar refractivity (Wildman–Crippen MR) is 125 cm³/mol. The van der Waals surface area contributed by atoms with Crippen LogP contribution in [0.1, 0.15) is 70.9 Å². The highest BCUT2D eigenvalue weighted by atomic mass is 32.2. The second-order valence-corrected chi connectivity index (χ2v) is 10.6. The van der Waals surface area contributed by atoms with Crippen LogP contribution < -0.4 is 10.9 Å². The first kappa shape index (κ1) is 25.5. The molecule has 11 heteroatoms. The van der Waals surface area contributed by atoms with Gasteiger partial charge in [-0.3, -0.25) is 9.36 Å². The standard InChI is InChI=1S/C20H27F2N5O3S.C2H6/c1-12-4-3-5-16(12)27-18-13(10-15(17(21)22)19(27)28)11-23-20(25-18)24-14-6-8-26(9-7-14)31(2,29)30;1-2/h10-12,14,16-17H,3-9H2,1-2H3,(H,23,24,25);1-2H3. The minimum Gasteiger partial charge on any atom is -0.351 e. The molecule has 0 amide bonds. The van der Waals surface area contributed by atoms with Crippen LogP contribution in [0.4, 0.5) is 14.7 Å². The van der Waals surface area contributed by atoms with E-state index >= 15 is 0 Å². The maximum absolute atomic E-state index is 13.5. The molecular weight excluding hydrogens is 452 g/mol. The molecule has 2 aliphatic rings. The average molecular weight is 486 g/mol. The van der Waals surface area contributed by atoms with Gasteiger partial charge >= 0.3 is 0 Å². The van der Waals surface area contributed by atoms with Gasteiger partial charge in [0.1, 0.15) is 5.65 Å².